The van der Waals surface area contributed by atoms with Crippen LogP contribution in [-0.2, 0) is 19.0 Å². The monoisotopic (exact) mass is 328 g/mol. The van der Waals surface area contributed by atoms with E-state index in [0.717, 1.165) is 29.9 Å². The smallest absolute Gasteiger partial charge is 0.124 e. The minimum absolute atomic E-state index is 0.336. The largest absolute Gasteiger partial charge is 0.325 e. The van der Waals surface area contributed by atoms with Crippen molar-refractivity contribution in [2.75, 3.05) is 0 Å². The fraction of sp³-hybridized carbons (Fsp3) is 0.231. The molecule has 1 aromatic carbocycles. The van der Waals surface area contributed by atoms with Crippen LogP contribution in [0, 0.1) is 0 Å². The van der Waals surface area contributed by atoms with E-state index < -0.39 is 0 Å². The molecule has 0 saturated carbocycles. The summed E-state index contributed by atoms with van der Waals surface area (Å²) >= 11 is 18.1. The van der Waals surface area contributed by atoms with Gasteiger partial charge in [-0.1, -0.05) is 23.2 Å². The van der Waals surface area contributed by atoms with Crippen LogP contribution in [0.15, 0.2) is 30.6 Å². The highest BCUT2D eigenvalue weighted by Crippen LogP contribution is 2.28. The predicted octanol–water partition coefficient (Wildman–Crippen LogP) is 3.98. The van der Waals surface area contributed by atoms with E-state index in [1.807, 2.05) is 27.6 Å². The zero-order valence-electron chi connectivity index (χ0n) is 10.4. The quantitative estimate of drug-likeness (QED) is 0.679. The van der Waals surface area contributed by atoms with Crippen LogP contribution in [0.2, 0.25) is 10.0 Å². The van der Waals surface area contributed by atoms with Crippen molar-refractivity contribution in [3.8, 4) is 0 Å². The lowest BCUT2D eigenvalue weighted by Gasteiger charge is -2.08. The van der Waals surface area contributed by atoms with Gasteiger partial charge in [0.25, 0.3) is 0 Å². The minimum Gasteiger partial charge on any atom is -0.325 e. The third kappa shape index (κ3) is 2.51. The summed E-state index contributed by atoms with van der Waals surface area (Å²) in [6.45, 7) is 1.46. The number of aromatic nitrogens is 4. The molecule has 0 bridgehead atoms. The molecule has 0 saturated heterocycles. The van der Waals surface area contributed by atoms with Crippen LogP contribution in [0.4, 0.5) is 0 Å². The first-order valence-corrected chi connectivity index (χ1v) is 7.35. The SMILES string of the molecule is ClCc1nc2cc(Cl)c(Cl)cc2n1CCn1cccn1. The van der Waals surface area contributed by atoms with Gasteiger partial charge in [-0.05, 0) is 18.2 Å². The van der Waals surface area contributed by atoms with E-state index in [2.05, 4.69) is 10.1 Å². The zero-order valence-corrected chi connectivity index (χ0v) is 12.7. The Balaban J connectivity index is 2.01. The van der Waals surface area contributed by atoms with E-state index in [9.17, 15) is 0 Å². The van der Waals surface area contributed by atoms with E-state index >= 15 is 0 Å². The summed E-state index contributed by atoms with van der Waals surface area (Å²) in [7, 11) is 0. The van der Waals surface area contributed by atoms with Crippen molar-refractivity contribution in [2.45, 2.75) is 19.0 Å². The first-order chi connectivity index (χ1) is 9.69. The van der Waals surface area contributed by atoms with Crippen LogP contribution in [0.3, 0.4) is 0 Å². The number of halogens is 3. The van der Waals surface area contributed by atoms with Gasteiger partial charge in [-0.3, -0.25) is 4.68 Å². The number of alkyl halides is 1. The van der Waals surface area contributed by atoms with Crippen molar-refractivity contribution in [2.24, 2.45) is 0 Å². The Morgan fingerprint density at radius 3 is 2.60 bits per heavy atom. The normalized spacial score (nSPS) is 11.3. The van der Waals surface area contributed by atoms with Gasteiger partial charge in [0.15, 0.2) is 0 Å². The molecule has 2 heterocycles. The highest BCUT2D eigenvalue weighted by molar-refractivity contribution is 6.42. The number of hydrogen-bond acceptors (Lipinski definition) is 2. The summed E-state index contributed by atoms with van der Waals surface area (Å²) in [5, 5.41) is 5.20. The lowest BCUT2D eigenvalue weighted by molar-refractivity contribution is 0.533. The van der Waals surface area contributed by atoms with Gasteiger partial charge >= 0.3 is 0 Å². The fourth-order valence-electron chi connectivity index (χ4n) is 2.16. The highest BCUT2D eigenvalue weighted by Gasteiger charge is 2.12. The molecule has 0 aliphatic rings. The summed E-state index contributed by atoms with van der Waals surface area (Å²) in [5.74, 6) is 1.13. The Labute approximate surface area is 130 Å². The molecule has 7 heteroatoms. The third-order valence-electron chi connectivity index (χ3n) is 3.10. The number of nitrogens with zero attached hydrogens (tertiary/aromatic N) is 4. The summed E-state index contributed by atoms with van der Waals surface area (Å²) in [6.07, 6.45) is 3.68. The lowest BCUT2D eigenvalue weighted by atomic mass is 10.3. The molecule has 3 aromatic rings. The highest BCUT2D eigenvalue weighted by atomic mass is 35.5. The van der Waals surface area contributed by atoms with Crippen molar-refractivity contribution >= 4 is 45.8 Å². The maximum absolute atomic E-state index is 6.09. The summed E-state index contributed by atoms with van der Waals surface area (Å²) in [5.41, 5.74) is 1.73. The van der Waals surface area contributed by atoms with E-state index in [4.69, 9.17) is 34.8 Å². The molecule has 0 aliphatic heterocycles. The Morgan fingerprint density at radius 2 is 1.90 bits per heavy atom. The molecule has 4 nitrogen and oxygen atoms in total. The van der Waals surface area contributed by atoms with Crippen molar-refractivity contribution in [3.05, 3.63) is 46.5 Å². The zero-order chi connectivity index (χ0) is 14.1. The molecule has 20 heavy (non-hydrogen) atoms. The molecule has 2 aromatic heterocycles. The first-order valence-electron chi connectivity index (χ1n) is 6.06. The Bertz CT molecular complexity index is 734. The third-order valence-corrected chi connectivity index (χ3v) is 4.06. The molecule has 0 amide bonds. The molecule has 104 valence electrons. The van der Waals surface area contributed by atoms with Crippen LogP contribution in [-0.4, -0.2) is 19.3 Å². The van der Waals surface area contributed by atoms with Gasteiger partial charge in [-0.2, -0.15) is 5.10 Å². The Morgan fingerprint density at radius 1 is 1.10 bits per heavy atom. The second-order valence-corrected chi connectivity index (χ2v) is 5.42. The average molecular weight is 330 g/mol. The van der Waals surface area contributed by atoms with E-state index in [-0.39, 0.29) is 0 Å². The number of fused-ring (bicyclic) bond motifs is 1. The Hall–Kier alpha value is -1.23. The number of hydrogen-bond donors (Lipinski definition) is 0. The molecule has 0 spiro atoms. The van der Waals surface area contributed by atoms with Gasteiger partial charge in [0.05, 0.1) is 33.5 Å². The molecular formula is C13H11Cl3N4. The van der Waals surface area contributed by atoms with Crippen LogP contribution >= 0.6 is 34.8 Å². The fourth-order valence-corrected chi connectivity index (χ4v) is 2.68. The molecule has 0 radical (unpaired) electrons. The molecule has 0 unspecified atom stereocenters. The van der Waals surface area contributed by atoms with Crippen LogP contribution in [0.25, 0.3) is 11.0 Å². The number of benzene rings is 1. The Kier molecular flexibility index (Phi) is 3.87. The minimum atomic E-state index is 0.336. The van der Waals surface area contributed by atoms with Gasteiger partial charge in [0, 0.05) is 18.9 Å². The number of rotatable bonds is 4. The lowest BCUT2D eigenvalue weighted by Crippen LogP contribution is -2.10. The molecule has 0 atom stereocenters. The van der Waals surface area contributed by atoms with Crippen LogP contribution in [0.1, 0.15) is 5.82 Å². The molecular weight excluding hydrogens is 319 g/mol. The molecule has 0 aliphatic carbocycles. The second kappa shape index (κ2) is 5.64. The molecule has 0 fully saturated rings. The standard InChI is InChI=1S/C13H11Cl3N4/c14-8-13-18-11-6-9(15)10(16)7-12(11)20(13)5-4-19-3-1-2-17-19/h1-3,6-7H,4-5,8H2. The van der Waals surface area contributed by atoms with Crippen LogP contribution < -0.4 is 0 Å². The number of imidazole rings is 1. The predicted molar refractivity (Wildman–Crippen MR) is 81.5 cm³/mol. The topological polar surface area (TPSA) is 35.6 Å². The van der Waals surface area contributed by atoms with E-state index in [1.54, 1.807) is 12.3 Å². The summed E-state index contributed by atoms with van der Waals surface area (Å²) < 4.78 is 3.91. The van der Waals surface area contributed by atoms with Gasteiger partial charge in [-0.25, -0.2) is 4.98 Å². The van der Waals surface area contributed by atoms with Gasteiger partial charge < -0.3 is 4.57 Å². The van der Waals surface area contributed by atoms with Gasteiger partial charge in [0.1, 0.15) is 5.82 Å². The van der Waals surface area contributed by atoms with Crippen molar-refractivity contribution in [1.82, 2.24) is 19.3 Å². The summed E-state index contributed by atoms with van der Waals surface area (Å²) in [6, 6.07) is 5.48. The van der Waals surface area contributed by atoms with Crippen LogP contribution in [0.5, 0.6) is 0 Å². The van der Waals surface area contributed by atoms with E-state index in [1.165, 1.54) is 0 Å². The van der Waals surface area contributed by atoms with Gasteiger partial charge in [0.2, 0.25) is 0 Å². The van der Waals surface area contributed by atoms with Crippen molar-refractivity contribution < 1.29 is 0 Å². The van der Waals surface area contributed by atoms with Gasteiger partial charge in [-0.15, -0.1) is 11.6 Å². The van der Waals surface area contributed by atoms with Crippen molar-refractivity contribution in [3.63, 3.8) is 0 Å². The van der Waals surface area contributed by atoms with Crippen molar-refractivity contribution in [1.29, 1.82) is 0 Å². The summed E-state index contributed by atoms with van der Waals surface area (Å²) in [4.78, 5) is 4.49. The maximum Gasteiger partial charge on any atom is 0.124 e. The molecule has 0 N–H and O–H groups in total. The average Bonchev–Trinajstić information content (AvgIpc) is 3.05. The first kappa shape index (κ1) is 13.7. The maximum atomic E-state index is 6.09. The number of aryl methyl sites for hydroxylation is 2. The second-order valence-electron chi connectivity index (χ2n) is 4.34. The van der Waals surface area contributed by atoms with E-state index in [0.29, 0.717) is 15.9 Å². The molecule has 3 rings (SSSR count).